The quantitative estimate of drug-likeness (QED) is 0.237. The number of aromatic nitrogens is 8. The molecule has 1 aliphatic rings. The number of hydrogen-bond donors (Lipinski definition) is 5. The number of nitrogen functional groups attached to an aromatic ring is 1. The summed E-state index contributed by atoms with van der Waals surface area (Å²) in [6.07, 6.45) is -0.591. The second-order valence-corrected chi connectivity index (χ2v) is 8.48. The number of benzene rings is 1. The molecule has 1 aliphatic heterocycles. The number of hydrogen-bond acceptors (Lipinski definition) is 11. The molecule has 0 spiro atoms. The molecule has 35 heavy (non-hydrogen) atoms. The van der Waals surface area contributed by atoms with Crippen molar-refractivity contribution in [1.29, 1.82) is 0 Å². The topological polar surface area (TPSA) is 195 Å². The molecule has 0 unspecified atom stereocenters. The van der Waals surface area contributed by atoms with Gasteiger partial charge in [-0.25, -0.2) is 15.0 Å². The van der Waals surface area contributed by atoms with Crippen molar-refractivity contribution in [1.82, 2.24) is 39.0 Å². The Morgan fingerprint density at radius 2 is 2.00 bits per heavy atom. The van der Waals surface area contributed by atoms with Gasteiger partial charge in [0.05, 0.1) is 29.4 Å². The Balaban J connectivity index is 1.52. The number of nitrogens with one attached hydrogen (secondary N) is 2. The Bertz CT molecular complexity index is 1670. The summed E-state index contributed by atoms with van der Waals surface area (Å²) in [5.74, 6) is 0.550. The number of fused-ring (bicyclic) bond motifs is 4. The smallest absolute Gasteiger partial charge is 0.280 e. The van der Waals surface area contributed by atoms with E-state index in [1.165, 1.54) is 0 Å². The van der Waals surface area contributed by atoms with Gasteiger partial charge in [-0.1, -0.05) is 0 Å². The average Bonchev–Trinajstić information content (AvgIpc) is 3.47. The average molecular weight is 478 g/mol. The van der Waals surface area contributed by atoms with Crippen molar-refractivity contribution in [3.8, 4) is 0 Å². The Morgan fingerprint density at radius 1 is 1.20 bits per heavy atom. The van der Waals surface area contributed by atoms with Crippen LogP contribution in [-0.2, 0) is 11.8 Å². The molecule has 1 saturated heterocycles. The molecular weight excluding hydrogens is 456 g/mol. The summed E-state index contributed by atoms with van der Waals surface area (Å²) in [7, 11) is 1.83. The number of ether oxygens (including phenoxy) is 1. The van der Waals surface area contributed by atoms with Gasteiger partial charge in [-0.15, -0.1) is 0 Å². The first-order valence-electron chi connectivity index (χ1n) is 10.9. The zero-order valence-corrected chi connectivity index (χ0v) is 18.8. The van der Waals surface area contributed by atoms with E-state index < -0.39 is 24.0 Å². The monoisotopic (exact) mass is 478 g/mol. The molecule has 180 valence electrons. The minimum Gasteiger partial charge on any atom is -0.394 e. The van der Waals surface area contributed by atoms with Gasteiger partial charge in [0.25, 0.3) is 5.56 Å². The highest BCUT2D eigenvalue weighted by Crippen LogP contribution is 2.35. The van der Waals surface area contributed by atoms with Gasteiger partial charge in [-0.3, -0.25) is 24.6 Å². The summed E-state index contributed by atoms with van der Waals surface area (Å²) in [5.41, 5.74) is 9.10. The standard InChI is InChI=1S/C21H22N10O4/c1-8-6-23-9-3-4-10-15(14(9)24-8)25-20(30(10)2)29-21-26-16-17(27-19(22)28-18(16)34)31(21)13-5-11(33)12(7-32)35-13/h3-4,6,11-13,32-33H,5,7H2,1-2H3,(H,25,26,29)(H3,22,27,28,34)/t11-,12+,13+/m0/s1. The van der Waals surface area contributed by atoms with Crippen LogP contribution in [-0.4, -0.2) is 68.1 Å². The van der Waals surface area contributed by atoms with Crippen LogP contribution >= 0.6 is 0 Å². The Kier molecular flexibility index (Phi) is 4.70. The molecule has 1 aromatic carbocycles. The zero-order valence-electron chi connectivity index (χ0n) is 18.8. The summed E-state index contributed by atoms with van der Waals surface area (Å²) in [5, 5.41) is 23.0. The van der Waals surface area contributed by atoms with E-state index in [2.05, 4.69) is 30.2 Å². The van der Waals surface area contributed by atoms with Crippen LogP contribution in [0.1, 0.15) is 18.3 Å². The molecule has 1 fully saturated rings. The third-order valence-corrected chi connectivity index (χ3v) is 6.15. The maximum atomic E-state index is 12.6. The lowest BCUT2D eigenvalue weighted by Crippen LogP contribution is -2.24. The summed E-state index contributed by atoms with van der Waals surface area (Å²) >= 11 is 0. The van der Waals surface area contributed by atoms with Crippen molar-refractivity contribution in [2.45, 2.75) is 31.8 Å². The summed E-state index contributed by atoms with van der Waals surface area (Å²) in [6, 6.07) is 3.78. The van der Waals surface area contributed by atoms with Crippen molar-refractivity contribution in [3.05, 3.63) is 34.4 Å². The van der Waals surface area contributed by atoms with Crippen molar-refractivity contribution < 1.29 is 14.9 Å². The maximum absolute atomic E-state index is 12.6. The summed E-state index contributed by atoms with van der Waals surface area (Å²) < 4.78 is 9.21. The molecule has 14 heteroatoms. The molecule has 5 aromatic rings. The summed E-state index contributed by atoms with van der Waals surface area (Å²) in [6.45, 7) is 1.50. The number of aromatic amines is 1. The van der Waals surface area contributed by atoms with E-state index in [1.54, 1.807) is 10.8 Å². The van der Waals surface area contributed by atoms with Crippen LogP contribution in [0.4, 0.5) is 17.8 Å². The molecule has 14 nitrogen and oxygen atoms in total. The van der Waals surface area contributed by atoms with E-state index in [0.717, 1.165) is 16.7 Å². The second kappa shape index (κ2) is 7.69. The minimum absolute atomic E-state index is 0.0398. The predicted octanol–water partition coefficient (Wildman–Crippen LogP) is 0.224. The number of imidazole rings is 2. The highest BCUT2D eigenvalue weighted by molar-refractivity contribution is 6.01. The highest BCUT2D eigenvalue weighted by Gasteiger charge is 2.37. The molecule has 0 bridgehead atoms. The van der Waals surface area contributed by atoms with Gasteiger partial charge in [0.1, 0.15) is 23.4 Å². The Morgan fingerprint density at radius 3 is 2.77 bits per heavy atom. The van der Waals surface area contributed by atoms with Gasteiger partial charge in [-0.2, -0.15) is 4.98 Å². The van der Waals surface area contributed by atoms with Gasteiger partial charge in [0.15, 0.2) is 11.2 Å². The van der Waals surface area contributed by atoms with E-state index in [0.29, 0.717) is 17.0 Å². The van der Waals surface area contributed by atoms with E-state index >= 15 is 0 Å². The first-order valence-corrected chi connectivity index (χ1v) is 10.9. The molecule has 6 N–H and O–H groups in total. The molecule has 0 saturated carbocycles. The van der Waals surface area contributed by atoms with E-state index in [9.17, 15) is 15.0 Å². The Labute approximate surface area is 196 Å². The van der Waals surface area contributed by atoms with Crippen LogP contribution in [0.5, 0.6) is 0 Å². The van der Waals surface area contributed by atoms with Crippen molar-refractivity contribution in [2.75, 3.05) is 17.7 Å². The fraction of sp³-hybridized carbons (Fsp3) is 0.333. The van der Waals surface area contributed by atoms with Crippen LogP contribution in [0.25, 0.3) is 33.2 Å². The summed E-state index contributed by atoms with van der Waals surface area (Å²) in [4.78, 5) is 37.4. The van der Waals surface area contributed by atoms with Gasteiger partial charge in [0, 0.05) is 19.7 Å². The number of aryl methyl sites for hydroxylation is 2. The van der Waals surface area contributed by atoms with E-state index in [-0.39, 0.29) is 36.1 Å². The first kappa shape index (κ1) is 21.4. The van der Waals surface area contributed by atoms with Gasteiger partial charge in [0.2, 0.25) is 17.8 Å². The number of rotatable bonds is 4. The second-order valence-electron chi connectivity index (χ2n) is 8.48. The highest BCUT2D eigenvalue weighted by atomic mass is 16.5. The fourth-order valence-electron chi connectivity index (χ4n) is 4.43. The number of anilines is 3. The lowest BCUT2D eigenvalue weighted by Gasteiger charge is -2.17. The largest absolute Gasteiger partial charge is 0.394 e. The normalized spacial score (nSPS) is 20.4. The predicted molar refractivity (Wildman–Crippen MR) is 126 cm³/mol. The SMILES string of the molecule is Cc1cnc2ccc3c(nc(Nc4nc5c(=O)[nH]c(N)nc5n4[C@H]4C[C@H](O)[C@@H](CO)O4)n3C)c2n1. The van der Waals surface area contributed by atoms with Gasteiger partial charge < -0.3 is 25.3 Å². The van der Waals surface area contributed by atoms with Crippen LogP contribution in [0.2, 0.25) is 0 Å². The molecule has 3 atom stereocenters. The van der Waals surface area contributed by atoms with Crippen molar-refractivity contribution in [2.24, 2.45) is 7.05 Å². The third kappa shape index (κ3) is 3.30. The van der Waals surface area contributed by atoms with Crippen LogP contribution < -0.4 is 16.6 Å². The zero-order chi connectivity index (χ0) is 24.4. The Hall–Kier alpha value is -4.14. The fourth-order valence-corrected chi connectivity index (χ4v) is 4.43. The molecule has 0 radical (unpaired) electrons. The lowest BCUT2D eigenvalue weighted by molar-refractivity contribution is -0.0425. The van der Waals surface area contributed by atoms with Crippen LogP contribution in [0.15, 0.2) is 23.1 Å². The van der Waals surface area contributed by atoms with E-state index in [4.69, 9.17) is 15.5 Å². The first-order chi connectivity index (χ1) is 16.8. The molecule has 6 rings (SSSR count). The van der Waals surface area contributed by atoms with E-state index in [1.807, 2.05) is 30.7 Å². The van der Waals surface area contributed by atoms with Crippen LogP contribution in [0.3, 0.4) is 0 Å². The van der Waals surface area contributed by atoms with Crippen molar-refractivity contribution in [3.63, 3.8) is 0 Å². The van der Waals surface area contributed by atoms with Gasteiger partial charge >= 0.3 is 0 Å². The number of nitrogens with zero attached hydrogens (tertiary/aromatic N) is 7. The molecule has 0 aliphatic carbocycles. The maximum Gasteiger partial charge on any atom is 0.280 e. The lowest BCUT2D eigenvalue weighted by atomic mass is 10.2. The van der Waals surface area contributed by atoms with Gasteiger partial charge in [-0.05, 0) is 19.1 Å². The van der Waals surface area contributed by atoms with Crippen molar-refractivity contribution >= 4 is 51.1 Å². The molecule has 5 heterocycles. The van der Waals surface area contributed by atoms with Crippen LogP contribution in [0, 0.1) is 6.92 Å². The molecule has 4 aromatic heterocycles. The molecular formula is C21H22N10O4. The number of aliphatic hydroxyl groups excluding tert-OH is 2. The molecule has 0 amide bonds. The minimum atomic E-state index is -0.904. The number of nitrogens with two attached hydrogens (primary N) is 1. The number of H-pyrrole nitrogens is 1. The third-order valence-electron chi connectivity index (χ3n) is 6.15. The number of aliphatic hydroxyl groups is 2.